The Morgan fingerprint density at radius 2 is 1.58 bits per heavy atom. The summed E-state index contributed by atoms with van der Waals surface area (Å²) in [6, 6.07) is 23.0. The molecule has 0 aliphatic heterocycles. The van der Waals surface area contributed by atoms with Gasteiger partial charge in [-0.15, -0.1) is 0 Å². The summed E-state index contributed by atoms with van der Waals surface area (Å²) < 4.78 is 16.0. The lowest BCUT2D eigenvalue weighted by Gasteiger charge is -2.26. The Balaban J connectivity index is 1.71. The van der Waals surface area contributed by atoms with Crippen LogP contribution in [0.25, 0.3) is 16.8 Å². The van der Waals surface area contributed by atoms with Crippen LogP contribution >= 0.6 is 0 Å². The fourth-order valence-electron chi connectivity index (χ4n) is 4.17. The molecule has 0 saturated heterocycles. The van der Waals surface area contributed by atoms with Gasteiger partial charge in [0.25, 0.3) is 5.91 Å². The van der Waals surface area contributed by atoms with Gasteiger partial charge in [0, 0.05) is 11.6 Å². The lowest BCUT2D eigenvalue weighted by atomic mass is 10.1. The van der Waals surface area contributed by atoms with E-state index in [2.05, 4.69) is 5.32 Å². The van der Waals surface area contributed by atoms with Crippen LogP contribution in [0.1, 0.15) is 35.5 Å². The van der Waals surface area contributed by atoms with E-state index in [9.17, 15) is 14.0 Å². The standard InChI is InChI=1S/C29H29FN4O2/c1-19(2)33(29(36)23-15-9-10-16-24(23)30)18-26(35)31-28-27(22-13-6-5-7-14-22)21(4)32-34(28)25-17-11-8-12-20(25)3/h5-17,19H,18H2,1-4H3,(H,31,35). The molecule has 1 N–H and O–H groups in total. The van der Waals surface area contributed by atoms with E-state index in [1.54, 1.807) is 24.6 Å². The highest BCUT2D eigenvalue weighted by Gasteiger charge is 2.26. The second kappa shape index (κ2) is 10.6. The zero-order valence-electron chi connectivity index (χ0n) is 20.8. The minimum Gasteiger partial charge on any atom is -0.327 e. The number of benzene rings is 3. The number of carbonyl (C=O) groups excluding carboxylic acids is 2. The number of nitrogens with zero attached hydrogens (tertiary/aromatic N) is 3. The quantitative estimate of drug-likeness (QED) is 0.361. The maximum atomic E-state index is 14.3. The van der Waals surface area contributed by atoms with Gasteiger partial charge in [-0.3, -0.25) is 9.59 Å². The molecule has 0 fully saturated rings. The molecule has 36 heavy (non-hydrogen) atoms. The maximum absolute atomic E-state index is 14.3. The molecule has 1 aromatic heterocycles. The van der Waals surface area contributed by atoms with E-state index in [0.717, 1.165) is 28.1 Å². The van der Waals surface area contributed by atoms with Crippen LogP contribution in [-0.2, 0) is 4.79 Å². The molecule has 4 aromatic rings. The third-order valence-corrected chi connectivity index (χ3v) is 6.03. The van der Waals surface area contributed by atoms with Crippen molar-refractivity contribution in [2.75, 3.05) is 11.9 Å². The van der Waals surface area contributed by atoms with Gasteiger partial charge in [0.1, 0.15) is 18.2 Å². The largest absolute Gasteiger partial charge is 0.327 e. The number of carbonyl (C=O) groups is 2. The number of hydrogen-bond acceptors (Lipinski definition) is 3. The van der Waals surface area contributed by atoms with Crippen LogP contribution in [0, 0.1) is 19.7 Å². The molecule has 0 spiro atoms. The van der Waals surface area contributed by atoms with Gasteiger partial charge < -0.3 is 10.2 Å². The molecule has 0 unspecified atom stereocenters. The van der Waals surface area contributed by atoms with Gasteiger partial charge in [-0.25, -0.2) is 9.07 Å². The molecular weight excluding hydrogens is 455 g/mol. The van der Waals surface area contributed by atoms with Gasteiger partial charge in [-0.05, 0) is 57.0 Å². The fourth-order valence-corrected chi connectivity index (χ4v) is 4.17. The van der Waals surface area contributed by atoms with Crippen LogP contribution < -0.4 is 5.32 Å². The molecule has 184 valence electrons. The van der Waals surface area contributed by atoms with Crippen molar-refractivity contribution in [2.24, 2.45) is 0 Å². The Labute approximate surface area is 210 Å². The summed E-state index contributed by atoms with van der Waals surface area (Å²) in [5, 5.41) is 7.76. The highest BCUT2D eigenvalue weighted by molar-refractivity contribution is 6.01. The van der Waals surface area contributed by atoms with E-state index in [0.29, 0.717) is 5.82 Å². The van der Waals surface area contributed by atoms with E-state index < -0.39 is 17.6 Å². The van der Waals surface area contributed by atoms with E-state index >= 15 is 0 Å². The predicted molar refractivity (Wildman–Crippen MR) is 140 cm³/mol. The first kappa shape index (κ1) is 24.9. The Bertz CT molecular complexity index is 1400. The molecule has 2 amide bonds. The van der Waals surface area contributed by atoms with Crippen LogP contribution in [0.2, 0.25) is 0 Å². The number of nitrogens with one attached hydrogen (secondary N) is 1. The monoisotopic (exact) mass is 484 g/mol. The summed E-state index contributed by atoms with van der Waals surface area (Å²) in [4.78, 5) is 27.8. The smallest absolute Gasteiger partial charge is 0.257 e. The first-order valence-electron chi connectivity index (χ1n) is 11.8. The van der Waals surface area contributed by atoms with Crippen LogP contribution in [0.15, 0.2) is 78.9 Å². The van der Waals surface area contributed by atoms with Crippen molar-refractivity contribution >= 4 is 17.6 Å². The number of halogens is 1. The number of aryl methyl sites for hydroxylation is 2. The molecule has 0 saturated carbocycles. The van der Waals surface area contributed by atoms with Crippen molar-refractivity contribution in [3.8, 4) is 16.8 Å². The van der Waals surface area contributed by atoms with Crippen LogP contribution in [0.5, 0.6) is 0 Å². The Kier molecular flexibility index (Phi) is 7.29. The topological polar surface area (TPSA) is 67.2 Å². The maximum Gasteiger partial charge on any atom is 0.257 e. The Morgan fingerprint density at radius 1 is 0.944 bits per heavy atom. The van der Waals surface area contributed by atoms with Gasteiger partial charge >= 0.3 is 0 Å². The number of para-hydroxylation sites is 1. The summed E-state index contributed by atoms with van der Waals surface area (Å²) in [7, 11) is 0. The van der Waals surface area contributed by atoms with Gasteiger partial charge in [-0.1, -0.05) is 60.7 Å². The second-order valence-corrected chi connectivity index (χ2v) is 8.93. The van der Waals surface area contributed by atoms with Crippen LogP contribution in [0.3, 0.4) is 0 Å². The fraction of sp³-hybridized carbons (Fsp3) is 0.207. The molecule has 0 bridgehead atoms. The zero-order valence-corrected chi connectivity index (χ0v) is 20.8. The van der Waals surface area contributed by atoms with Crippen LogP contribution in [0.4, 0.5) is 10.2 Å². The van der Waals surface area contributed by atoms with Crippen molar-refractivity contribution < 1.29 is 14.0 Å². The number of aromatic nitrogens is 2. The SMILES string of the molecule is Cc1ccccc1-n1nc(C)c(-c2ccccc2)c1NC(=O)CN(C(=O)c1ccccc1F)C(C)C. The van der Waals surface area contributed by atoms with E-state index in [1.807, 2.05) is 68.4 Å². The minimum atomic E-state index is -0.617. The molecule has 0 atom stereocenters. The number of hydrogen-bond donors (Lipinski definition) is 1. The van der Waals surface area contributed by atoms with Gasteiger partial charge in [-0.2, -0.15) is 5.10 Å². The molecule has 1 heterocycles. The van der Waals surface area contributed by atoms with Crippen molar-refractivity contribution in [1.29, 1.82) is 0 Å². The van der Waals surface area contributed by atoms with E-state index in [4.69, 9.17) is 5.10 Å². The Morgan fingerprint density at radius 3 is 2.25 bits per heavy atom. The minimum absolute atomic E-state index is 0.0650. The number of anilines is 1. The molecule has 0 aliphatic rings. The van der Waals surface area contributed by atoms with Gasteiger partial charge in [0.2, 0.25) is 5.91 Å². The van der Waals surface area contributed by atoms with Crippen molar-refractivity contribution in [2.45, 2.75) is 33.7 Å². The van der Waals surface area contributed by atoms with Gasteiger partial charge in [0.05, 0.1) is 16.9 Å². The van der Waals surface area contributed by atoms with Gasteiger partial charge in [0.15, 0.2) is 0 Å². The summed E-state index contributed by atoms with van der Waals surface area (Å²) >= 11 is 0. The summed E-state index contributed by atoms with van der Waals surface area (Å²) in [6.45, 7) is 7.23. The molecule has 0 aliphatic carbocycles. The molecule has 4 rings (SSSR count). The van der Waals surface area contributed by atoms with Crippen molar-refractivity contribution in [1.82, 2.24) is 14.7 Å². The average Bonchev–Trinajstić information content (AvgIpc) is 3.18. The molecule has 6 nitrogen and oxygen atoms in total. The van der Waals surface area contributed by atoms with Crippen molar-refractivity contribution in [3.05, 3.63) is 102 Å². The third kappa shape index (κ3) is 5.05. The highest BCUT2D eigenvalue weighted by Crippen LogP contribution is 2.34. The highest BCUT2D eigenvalue weighted by atomic mass is 19.1. The molecule has 3 aromatic carbocycles. The summed E-state index contributed by atoms with van der Waals surface area (Å²) in [6.07, 6.45) is 0. The lowest BCUT2D eigenvalue weighted by molar-refractivity contribution is -0.117. The lowest BCUT2D eigenvalue weighted by Crippen LogP contribution is -2.42. The average molecular weight is 485 g/mol. The van der Waals surface area contributed by atoms with Crippen LogP contribution in [-0.4, -0.2) is 39.1 Å². The second-order valence-electron chi connectivity index (χ2n) is 8.93. The Hall–Kier alpha value is -4.26. The predicted octanol–water partition coefficient (Wildman–Crippen LogP) is 5.78. The number of amides is 2. The normalized spacial score (nSPS) is 10.9. The zero-order chi connectivity index (χ0) is 25.8. The molecule has 7 heteroatoms. The number of rotatable bonds is 7. The first-order valence-corrected chi connectivity index (χ1v) is 11.8. The first-order chi connectivity index (χ1) is 17.3. The molecular formula is C29H29FN4O2. The van der Waals surface area contributed by atoms with E-state index in [-0.39, 0.29) is 18.2 Å². The summed E-state index contributed by atoms with van der Waals surface area (Å²) in [5.74, 6) is -1.04. The van der Waals surface area contributed by atoms with Crippen molar-refractivity contribution in [3.63, 3.8) is 0 Å². The third-order valence-electron chi connectivity index (χ3n) is 6.03. The summed E-state index contributed by atoms with van der Waals surface area (Å²) in [5.41, 5.74) is 4.22. The molecule has 0 radical (unpaired) electrons. The van der Waals surface area contributed by atoms with E-state index in [1.165, 1.54) is 23.1 Å².